The number of rotatable bonds is 5. The van der Waals surface area contributed by atoms with Crippen LogP contribution in [0.25, 0.3) is 10.2 Å². The van der Waals surface area contributed by atoms with Crippen molar-refractivity contribution < 1.29 is 4.79 Å². The lowest BCUT2D eigenvalue weighted by Gasteiger charge is -2.13. The van der Waals surface area contributed by atoms with E-state index in [1.165, 1.54) is 11.3 Å². The maximum Gasteiger partial charge on any atom is 0.255 e. The van der Waals surface area contributed by atoms with Gasteiger partial charge in [-0.05, 0) is 42.5 Å². The topological polar surface area (TPSA) is 83.0 Å². The van der Waals surface area contributed by atoms with Gasteiger partial charge in [0.25, 0.3) is 5.91 Å². The third-order valence-corrected chi connectivity index (χ3v) is 4.96. The normalized spacial score (nSPS) is 10.6. The lowest BCUT2D eigenvalue weighted by molar-refractivity contribution is 0.102. The Kier molecular flexibility index (Phi) is 4.86. The standard InChI is InChI=1S/C20H18N6OS/c1-26(2)16-10-19(25-22-11-16)23-14-4-6-15(7-5-14)24-20(27)13-3-8-17-18(9-13)28-12-21-17/h3-12H,1-2H3,(H,23,25)(H,24,27). The number of hydrogen-bond donors (Lipinski definition) is 2. The summed E-state index contributed by atoms with van der Waals surface area (Å²) < 4.78 is 0.994. The minimum Gasteiger partial charge on any atom is -0.376 e. The molecule has 2 aromatic heterocycles. The van der Waals surface area contributed by atoms with Crippen LogP contribution in [0.15, 0.2) is 60.2 Å². The fraction of sp³-hybridized carbons (Fsp3) is 0.100. The quantitative estimate of drug-likeness (QED) is 0.533. The molecule has 8 heteroatoms. The maximum atomic E-state index is 12.5. The first-order valence-electron chi connectivity index (χ1n) is 8.60. The highest BCUT2D eigenvalue weighted by Crippen LogP contribution is 2.22. The second-order valence-corrected chi connectivity index (χ2v) is 7.27. The smallest absolute Gasteiger partial charge is 0.255 e. The van der Waals surface area contributed by atoms with E-state index < -0.39 is 0 Å². The molecule has 7 nitrogen and oxygen atoms in total. The number of amides is 1. The Hall–Kier alpha value is -3.52. The van der Waals surface area contributed by atoms with Gasteiger partial charge in [-0.25, -0.2) is 4.98 Å². The summed E-state index contributed by atoms with van der Waals surface area (Å²) in [6, 6.07) is 14.9. The number of hydrogen-bond acceptors (Lipinski definition) is 7. The molecule has 0 unspecified atom stereocenters. The van der Waals surface area contributed by atoms with Gasteiger partial charge < -0.3 is 15.5 Å². The number of carbonyl (C=O) groups is 1. The van der Waals surface area contributed by atoms with Crippen LogP contribution in [0.1, 0.15) is 10.4 Å². The van der Waals surface area contributed by atoms with Crippen molar-refractivity contribution in [3.05, 3.63) is 65.8 Å². The summed E-state index contributed by atoms with van der Waals surface area (Å²) in [6.07, 6.45) is 1.70. The largest absolute Gasteiger partial charge is 0.376 e. The molecule has 2 aromatic carbocycles. The molecule has 0 aliphatic carbocycles. The van der Waals surface area contributed by atoms with Crippen LogP contribution in [0.3, 0.4) is 0 Å². The summed E-state index contributed by atoms with van der Waals surface area (Å²) in [6.45, 7) is 0. The van der Waals surface area contributed by atoms with E-state index in [1.807, 2.05) is 61.5 Å². The van der Waals surface area contributed by atoms with E-state index in [0.29, 0.717) is 17.1 Å². The van der Waals surface area contributed by atoms with E-state index in [4.69, 9.17) is 0 Å². The molecule has 2 heterocycles. The number of carbonyl (C=O) groups excluding carboxylic acids is 1. The molecule has 0 aliphatic rings. The van der Waals surface area contributed by atoms with E-state index in [0.717, 1.165) is 21.6 Å². The molecule has 0 saturated heterocycles. The average Bonchev–Trinajstić information content (AvgIpc) is 3.17. The Balaban J connectivity index is 1.44. The van der Waals surface area contributed by atoms with Crippen LogP contribution >= 0.6 is 11.3 Å². The van der Waals surface area contributed by atoms with Crippen LogP contribution < -0.4 is 15.5 Å². The molecule has 4 aromatic rings. The summed E-state index contributed by atoms with van der Waals surface area (Å²) in [5.41, 5.74) is 5.81. The van der Waals surface area contributed by atoms with Crippen LogP contribution in [0.2, 0.25) is 0 Å². The highest BCUT2D eigenvalue weighted by molar-refractivity contribution is 7.16. The first-order chi connectivity index (χ1) is 13.6. The molecule has 0 spiro atoms. The van der Waals surface area contributed by atoms with Crippen molar-refractivity contribution in [2.45, 2.75) is 0 Å². The number of aromatic nitrogens is 3. The SMILES string of the molecule is CN(C)c1cnnc(Nc2ccc(NC(=O)c3ccc4ncsc4c3)cc2)c1. The van der Waals surface area contributed by atoms with Gasteiger partial charge in [0, 0.05) is 37.1 Å². The highest BCUT2D eigenvalue weighted by Gasteiger charge is 2.08. The van der Waals surface area contributed by atoms with Crippen molar-refractivity contribution in [1.29, 1.82) is 0 Å². The first kappa shape index (κ1) is 17.9. The van der Waals surface area contributed by atoms with Gasteiger partial charge in [0.1, 0.15) is 0 Å². The molecule has 0 aliphatic heterocycles. The first-order valence-corrected chi connectivity index (χ1v) is 9.48. The molecule has 0 atom stereocenters. The summed E-state index contributed by atoms with van der Waals surface area (Å²) >= 11 is 1.52. The predicted molar refractivity (Wildman–Crippen MR) is 114 cm³/mol. The number of fused-ring (bicyclic) bond motifs is 1. The Labute approximate surface area is 166 Å². The van der Waals surface area contributed by atoms with Crippen molar-refractivity contribution in [3.8, 4) is 0 Å². The molecule has 4 rings (SSSR count). The van der Waals surface area contributed by atoms with Gasteiger partial charge in [0.2, 0.25) is 0 Å². The van der Waals surface area contributed by atoms with Crippen LogP contribution in [-0.4, -0.2) is 35.2 Å². The molecule has 0 saturated carbocycles. The van der Waals surface area contributed by atoms with E-state index >= 15 is 0 Å². The molecule has 0 bridgehead atoms. The lowest BCUT2D eigenvalue weighted by Crippen LogP contribution is -2.11. The molecule has 2 N–H and O–H groups in total. The summed E-state index contributed by atoms with van der Waals surface area (Å²) in [5.74, 6) is 0.501. The Bertz CT molecular complexity index is 1120. The van der Waals surface area contributed by atoms with Crippen molar-refractivity contribution in [1.82, 2.24) is 15.2 Å². The van der Waals surface area contributed by atoms with Crippen LogP contribution in [-0.2, 0) is 0 Å². The van der Waals surface area contributed by atoms with Gasteiger partial charge in [-0.2, -0.15) is 5.10 Å². The number of nitrogens with one attached hydrogen (secondary N) is 2. The number of thiazole rings is 1. The number of benzene rings is 2. The highest BCUT2D eigenvalue weighted by atomic mass is 32.1. The minimum atomic E-state index is -0.152. The molecule has 0 fully saturated rings. The zero-order valence-corrected chi connectivity index (χ0v) is 16.2. The second kappa shape index (κ2) is 7.61. The fourth-order valence-corrected chi connectivity index (χ4v) is 3.36. The minimum absolute atomic E-state index is 0.152. The molecular formula is C20H18N6OS. The van der Waals surface area contributed by atoms with Crippen molar-refractivity contribution in [2.24, 2.45) is 0 Å². The van der Waals surface area contributed by atoms with Crippen LogP contribution in [0.4, 0.5) is 22.9 Å². The Morgan fingerprint density at radius 3 is 2.61 bits per heavy atom. The van der Waals surface area contributed by atoms with Crippen molar-refractivity contribution >= 4 is 50.3 Å². The lowest BCUT2D eigenvalue weighted by atomic mass is 10.2. The second-order valence-electron chi connectivity index (χ2n) is 6.38. The van der Waals surface area contributed by atoms with Gasteiger partial charge in [0.05, 0.1) is 27.6 Å². The van der Waals surface area contributed by atoms with Gasteiger partial charge >= 0.3 is 0 Å². The average molecular weight is 390 g/mol. The molecule has 1 amide bonds. The van der Waals surface area contributed by atoms with Crippen molar-refractivity contribution in [2.75, 3.05) is 29.6 Å². The molecule has 28 heavy (non-hydrogen) atoms. The van der Waals surface area contributed by atoms with Gasteiger partial charge in [-0.3, -0.25) is 4.79 Å². The summed E-state index contributed by atoms with van der Waals surface area (Å²) in [4.78, 5) is 18.7. The monoisotopic (exact) mass is 390 g/mol. The fourth-order valence-electron chi connectivity index (χ4n) is 2.65. The molecule has 0 radical (unpaired) electrons. The van der Waals surface area contributed by atoms with Crippen LogP contribution in [0, 0.1) is 0 Å². The third-order valence-electron chi connectivity index (χ3n) is 4.17. The van der Waals surface area contributed by atoms with E-state index in [1.54, 1.807) is 17.8 Å². The molecule has 140 valence electrons. The maximum absolute atomic E-state index is 12.5. The van der Waals surface area contributed by atoms with Gasteiger partial charge in [-0.15, -0.1) is 16.4 Å². The zero-order chi connectivity index (χ0) is 19.5. The van der Waals surface area contributed by atoms with Crippen molar-refractivity contribution in [3.63, 3.8) is 0 Å². The van der Waals surface area contributed by atoms with Gasteiger partial charge in [-0.1, -0.05) is 0 Å². The predicted octanol–water partition coefficient (Wildman–Crippen LogP) is 4.15. The Morgan fingerprint density at radius 1 is 1.04 bits per heavy atom. The van der Waals surface area contributed by atoms with E-state index in [2.05, 4.69) is 25.8 Å². The Morgan fingerprint density at radius 2 is 1.82 bits per heavy atom. The number of nitrogens with zero attached hydrogens (tertiary/aromatic N) is 4. The summed E-state index contributed by atoms with van der Waals surface area (Å²) in [5, 5.41) is 14.2. The zero-order valence-electron chi connectivity index (χ0n) is 15.4. The molecular weight excluding hydrogens is 372 g/mol. The summed E-state index contributed by atoms with van der Waals surface area (Å²) in [7, 11) is 3.90. The van der Waals surface area contributed by atoms with Gasteiger partial charge in [0.15, 0.2) is 5.82 Å². The van der Waals surface area contributed by atoms with E-state index in [9.17, 15) is 4.79 Å². The third kappa shape index (κ3) is 3.91. The van der Waals surface area contributed by atoms with Crippen LogP contribution in [0.5, 0.6) is 0 Å². The van der Waals surface area contributed by atoms with E-state index in [-0.39, 0.29) is 5.91 Å². The number of anilines is 4.